The Kier molecular flexibility index (Phi) is 9.40. The average Bonchev–Trinajstić information content (AvgIpc) is 2.66. The lowest BCUT2D eigenvalue weighted by Crippen LogP contribution is -2.39. The topological polar surface area (TPSA) is 122 Å². The van der Waals surface area contributed by atoms with E-state index in [4.69, 9.17) is 9.94 Å². The van der Waals surface area contributed by atoms with Crippen molar-refractivity contribution in [1.82, 2.24) is 10.8 Å². The molecule has 0 bridgehead atoms. The van der Waals surface area contributed by atoms with Gasteiger partial charge in [0.25, 0.3) is 0 Å². The number of sulfone groups is 1. The van der Waals surface area contributed by atoms with Crippen molar-refractivity contribution in [1.29, 1.82) is 0 Å². The van der Waals surface area contributed by atoms with Gasteiger partial charge < -0.3 is 10.1 Å². The Balaban J connectivity index is 3.05. The van der Waals surface area contributed by atoms with Crippen molar-refractivity contribution in [2.45, 2.75) is 38.4 Å². The van der Waals surface area contributed by atoms with Gasteiger partial charge in [-0.3, -0.25) is 14.8 Å². The highest BCUT2D eigenvalue weighted by molar-refractivity contribution is 7.92. The molecule has 0 aliphatic heterocycles. The van der Waals surface area contributed by atoms with Crippen LogP contribution >= 0.6 is 0 Å². The molecule has 2 atom stereocenters. The summed E-state index contributed by atoms with van der Waals surface area (Å²) in [5, 5.41) is 10.3. The molecule has 1 rings (SSSR count). The summed E-state index contributed by atoms with van der Waals surface area (Å²) in [6.45, 7) is 3.71. The van der Waals surface area contributed by atoms with Crippen LogP contribution in [0.3, 0.4) is 0 Å². The van der Waals surface area contributed by atoms with Crippen molar-refractivity contribution < 1.29 is 28.0 Å². The summed E-state index contributed by atoms with van der Waals surface area (Å²) >= 11 is 0. The van der Waals surface area contributed by atoms with Gasteiger partial charge in [0.15, 0.2) is 9.84 Å². The predicted molar refractivity (Wildman–Crippen MR) is 106 cm³/mol. The van der Waals surface area contributed by atoms with Crippen LogP contribution in [0, 0.1) is 11.8 Å². The predicted octanol–water partition coefficient (Wildman–Crippen LogP) is 1.32. The summed E-state index contributed by atoms with van der Waals surface area (Å²) in [6, 6.07) is 7.06. The van der Waals surface area contributed by atoms with Crippen LogP contribution in [0.2, 0.25) is 0 Å². The summed E-state index contributed by atoms with van der Waals surface area (Å²) in [5.74, 6) is -1.62. The Morgan fingerprint density at radius 2 is 1.79 bits per heavy atom. The molecule has 2 amide bonds. The summed E-state index contributed by atoms with van der Waals surface area (Å²) in [5.41, 5.74) is 2.29. The van der Waals surface area contributed by atoms with E-state index in [2.05, 4.69) is 5.32 Å². The third-order valence-electron chi connectivity index (χ3n) is 4.47. The molecular formula is C19H30N2O6S. The molecule has 1 aromatic carbocycles. The molecule has 8 nitrogen and oxygen atoms in total. The average molecular weight is 415 g/mol. The molecule has 1 aromatic rings. The van der Waals surface area contributed by atoms with Gasteiger partial charge in [0.1, 0.15) is 5.75 Å². The van der Waals surface area contributed by atoms with Crippen LogP contribution in [0.1, 0.15) is 32.3 Å². The van der Waals surface area contributed by atoms with E-state index in [-0.39, 0.29) is 36.8 Å². The molecule has 0 aliphatic rings. The van der Waals surface area contributed by atoms with Crippen LogP contribution in [0.15, 0.2) is 24.3 Å². The van der Waals surface area contributed by atoms with Gasteiger partial charge in [0.05, 0.1) is 24.0 Å². The summed E-state index contributed by atoms with van der Waals surface area (Å²) in [6.07, 6.45) is 0.155. The Labute approximate surface area is 166 Å². The summed E-state index contributed by atoms with van der Waals surface area (Å²) in [4.78, 5) is 23.9. The quantitative estimate of drug-likeness (QED) is 0.371. The lowest BCUT2D eigenvalue weighted by molar-refractivity contribution is -0.129. The fraction of sp³-hybridized carbons (Fsp3) is 0.579. The first-order valence-electron chi connectivity index (χ1n) is 9.12. The maximum atomic E-state index is 13.0. The largest absolute Gasteiger partial charge is 0.497 e. The number of nitrogens with one attached hydrogen (secondary N) is 2. The first-order valence-corrected chi connectivity index (χ1v) is 10.8. The number of hydroxylamine groups is 1. The number of hydrogen-bond acceptors (Lipinski definition) is 6. The monoisotopic (exact) mass is 414 g/mol. The second-order valence-corrected chi connectivity index (χ2v) is 9.51. The van der Waals surface area contributed by atoms with Gasteiger partial charge in [-0.05, 0) is 36.5 Å². The van der Waals surface area contributed by atoms with E-state index in [9.17, 15) is 18.0 Å². The fourth-order valence-corrected chi connectivity index (χ4v) is 5.21. The summed E-state index contributed by atoms with van der Waals surface area (Å²) < 4.78 is 31.1. The highest BCUT2D eigenvalue weighted by atomic mass is 32.2. The maximum absolute atomic E-state index is 13.0. The van der Waals surface area contributed by atoms with Gasteiger partial charge in [0, 0.05) is 13.5 Å². The van der Waals surface area contributed by atoms with Crippen LogP contribution in [-0.4, -0.2) is 50.6 Å². The minimum Gasteiger partial charge on any atom is -0.497 e. The van der Waals surface area contributed by atoms with Crippen LogP contribution in [0.25, 0.3) is 0 Å². The second kappa shape index (κ2) is 11.0. The van der Waals surface area contributed by atoms with E-state index in [1.54, 1.807) is 31.4 Å². The first-order chi connectivity index (χ1) is 13.1. The Bertz CT molecular complexity index is 746. The molecule has 0 saturated heterocycles. The Morgan fingerprint density at radius 3 is 2.25 bits per heavy atom. The molecule has 9 heteroatoms. The number of carbonyl (C=O) groups is 2. The Hall–Kier alpha value is -2.13. The van der Waals surface area contributed by atoms with E-state index in [1.165, 1.54) is 12.5 Å². The van der Waals surface area contributed by atoms with Gasteiger partial charge in [-0.1, -0.05) is 26.0 Å². The molecule has 0 aliphatic carbocycles. The van der Waals surface area contributed by atoms with Gasteiger partial charge in [-0.15, -0.1) is 0 Å². The van der Waals surface area contributed by atoms with E-state index in [0.717, 1.165) is 5.56 Å². The smallest absolute Gasteiger partial charge is 0.244 e. The highest BCUT2D eigenvalue weighted by Crippen LogP contribution is 2.22. The minimum absolute atomic E-state index is 0.0336. The van der Waals surface area contributed by atoms with E-state index in [0.29, 0.717) is 5.75 Å². The van der Waals surface area contributed by atoms with Crippen LogP contribution in [-0.2, 0) is 25.8 Å². The standard InChI is InChI=1S/C19H30N2O6S/c1-13(2)9-17(11-18(22)21-24)28(25,26)12-15(19(23)20-3)10-14-5-7-16(27-4)8-6-14/h5-8,13,15,17,24H,9-12H2,1-4H3,(H,20,23)(H,21,22)/t15-,17?/m1/s1. The van der Waals surface area contributed by atoms with Crippen molar-refractivity contribution >= 4 is 21.7 Å². The van der Waals surface area contributed by atoms with E-state index >= 15 is 0 Å². The zero-order valence-corrected chi connectivity index (χ0v) is 17.6. The zero-order valence-electron chi connectivity index (χ0n) is 16.8. The zero-order chi connectivity index (χ0) is 21.3. The SMILES string of the molecule is CNC(=O)[C@H](Cc1ccc(OC)cc1)CS(=O)(=O)C(CC(=O)NO)CC(C)C. The van der Waals surface area contributed by atoms with Crippen LogP contribution in [0.5, 0.6) is 5.75 Å². The number of benzene rings is 1. The molecule has 3 N–H and O–H groups in total. The molecule has 0 aromatic heterocycles. The van der Waals surface area contributed by atoms with Crippen molar-refractivity contribution in [2.24, 2.45) is 11.8 Å². The van der Waals surface area contributed by atoms with Crippen molar-refractivity contribution in [3.63, 3.8) is 0 Å². The molecule has 28 heavy (non-hydrogen) atoms. The first kappa shape index (κ1) is 23.9. The van der Waals surface area contributed by atoms with Crippen molar-refractivity contribution in [3.8, 4) is 5.75 Å². The molecule has 0 fully saturated rings. The number of carbonyl (C=O) groups excluding carboxylic acids is 2. The fourth-order valence-electron chi connectivity index (χ4n) is 3.03. The van der Waals surface area contributed by atoms with Crippen LogP contribution in [0.4, 0.5) is 0 Å². The number of rotatable bonds is 11. The third-order valence-corrected chi connectivity index (χ3v) is 6.71. The van der Waals surface area contributed by atoms with Gasteiger partial charge in [-0.25, -0.2) is 13.9 Å². The minimum atomic E-state index is -3.77. The highest BCUT2D eigenvalue weighted by Gasteiger charge is 2.33. The summed E-state index contributed by atoms with van der Waals surface area (Å²) in [7, 11) is -0.760. The van der Waals surface area contributed by atoms with E-state index < -0.39 is 26.9 Å². The Morgan fingerprint density at radius 1 is 1.18 bits per heavy atom. The number of hydrogen-bond donors (Lipinski definition) is 3. The van der Waals surface area contributed by atoms with Crippen molar-refractivity contribution in [2.75, 3.05) is 19.9 Å². The second-order valence-electron chi connectivity index (χ2n) is 7.18. The van der Waals surface area contributed by atoms with Gasteiger partial charge in [0.2, 0.25) is 11.8 Å². The molecule has 0 saturated carbocycles. The molecule has 0 radical (unpaired) electrons. The molecular weight excluding hydrogens is 384 g/mol. The maximum Gasteiger partial charge on any atom is 0.244 e. The molecule has 0 spiro atoms. The van der Waals surface area contributed by atoms with E-state index in [1.807, 2.05) is 13.8 Å². The number of ether oxygens (including phenoxy) is 1. The van der Waals surface area contributed by atoms with Crippen LogP contribution < -0.4 is 15.5 Å². The lowest BCUT2D eigenvalue weighted by Gasteiger charge is -2.22. The molecule has 158 valence electrons. The third kappa shape index (κ3) is 7.47. The number of methoxy groups -OCH3 is 1. The molecule has 1 unspecified atom stereocenters. The molecule has 0 heterocycles. The van der Waals surface area contributed by atoms with Crippen molar-refractivity contribution in [3.05, 3.63) is 29.8 Å². The normalized spacial score (nSPS) is 13.6. The number of amides is 2. The van der Waals surface area contributed by atoms with Gasteiger partial charge >= 0.3 is 0 Å². The van der Waals surface area contributed by atoms with Gasteiger partial charge in [-0.2, -0.15) is 0 Å². The lowest BCUT2D eigenvalue weighted by atomic mass is 10.00.